The first-order chi connectivity index (χ1) is 9.70. The van der Waals surface area contributed by atoms with E-state index in [9.17, 15) is 10.1 Å². The van der Waals surface area contributed by atoms with Crippen LogP contribution < -0.4 is 5.73 Å². The van der Waals surface area contributed by atoms with Crippen molar-refractivity contribution in [3.63, 3.8) is 0 Å². The lowest BCUT2D eigenvalue weighted by Crippen LogP contribution is -2.25. The number of ketones is 1. The molecule has 0 fully saturated rings. The summed E-state index contributed by atoms with van der Waals surface area (Å²) in [6, 6.07) is 11.8. The lowest BCUT2D eigenvalue weighted by Gasteiger charge is -2.31. The van der Waals surface area contributed by atoms with Gasteiger partial charge in [0.25, 0.3) is 0 Å². The molecule has 0 saturated carbocycles. The Morgan fingerprint density at radius 3 is 2.70 bits per heavy atom. The molecule has 0 spiro atoms. The first-order valence-corrected chi connectivity index (χ1v) is 6.57. The number of nitrogens with two attached hydrogens (primary N) is 1. The number of nitrogens with zero attached hydrogens (tertiary/aromatic N) is 1. The van der Waals surface area contributed by atoms with Gasteiger partial charge in [-0.3, -0.25) is 4.79 Å². The summed E-state index contributed by atoms with van der Waals surface area (Å²) in [5.41, 5.74) is 8.13. The molecule has 3 rings (SSSR count). The van der Waals surface area contributed by atoms with Gasteiger partial charge < -0.3 is 10.5 Å². The van der Waals surface area contributed by atoms with Crippen molar-refractivity contribution < 1.29 is 9.53 Å². The number of carbonyl (C=O) groups is 1. The van der Waals surface area contributed by atoms with Crippen molar-refractivity contribution in [3.05, 3.63) is 58.7 Å². The minimum atomic E-state index is -0.255. The maximum atomic E-state index is 11.8. The number of ether oxygens (including phenoxy) is 1. The van der Waals surface area contributed by atoms with Crippen LogP contribution in [0.4, 0.5) is 0 Å². The Morgan fingerprint density at radius 2 is 2.00 bits per heavy atom. The van der Waals surface area contributed by atoms with Gasteiger partial charge in [-0.2, -0.15) is 5.26 Å². The second-order valence-corrected chi connectivity index (χ2v) is 5.00. The molecule has 4 heteroatoms. The number of Topliss-reactive ketones (excluding diaryl/α,β-unsaturated/α-hetero) is 1. The Balaban J connectivity index is 2.14. The van der Waals surface area contributed by atoms with Crippen LogP contribution in [0.3, 0.4) is 0 Å². The van der Waals surface area contributed by atoms with Crippen molar-refractivity contribution in [2.45, 2.75) is 25.2 Å². The first-order valence-electron chi connectivity index (χ1n) is 6.57. The van der Waals surface area contributed by atoms with E-state index in [-0.39, 0.29) is 17.6 Å². The molecule has 1 aromatic carbocycles. The molecule has 100 valence electrons. The average Bonchev–Trinajstić information content (AvgIpc) is 2.47. The molecule has 0 bridgehead atoms. The van der Waals surface area contributed by atoms with Gasteiger partial charge in [0.05, 0.1) is 0 Å². The van der Waals surface area contributed by atoms with Crippen LogP contribution in [0.5, 0.6) is 0 Å². The molecule has 2 N–H and O–H groups in total. The molecule has 0 aromatic heterocycles. The smallest absolute Gasteiger partial charge is 0.205 e. The number of hydrogen-bond donors (Lipinski definition) is 1. The molecule has 0 radical (unpaired) electrons. The summed E-state index contributed by atoms with van der Waals surface area (Å²) in [5.74, 6) is 0.852. The first kappa shape index (κ1) is 12.5. The van der Waals surface area contributed by atoms with E-state index in [1.54, 1.807) is 0 Å². The molecule has 1 aliphatic carbocycles. The van der Waals surface area contributed by atoms with Crippen LogP contribution in [0.15, 0.2) is 53.1 Å². The average molecular weight is 266 g/mol. The highest BCUT2D eigenvalue weighted by Gasteiger charge is 2.35. The van der Waals surface area contributed by atoms with Gasteiger partial charge in [-0.15, -0.1) is 0 Å². The predicted octanol–water partition coefficient (Wildman–Crippen LogP) is 2.50. The molecule has 0 saturated heterocycles. The largest absolute Gasteiger partial charge is 0.445 e. The van der Waals surface area contributed by atoms with E-state index in [0.717, 1.165) is 16.9 Å². The van der Waals surface area contributed by atoms with Gasteiger partial charge >= 0.3 is 0 Å². The topological polar surface area (TPSA) is 76.1 Å². The van der Waals surface area contributed by atoms with Gasteiger partial charge in [0, 0.05) is 25.2 Å². The third kappa shape index (κ3) is 1.97. The minimum Gasteiger partial charge on any atom is -0.445 e. The molecule has 1 atom stereocenters. The van der Waals surface area contributed by atoms with Crippen molar-refractivity contribution in [2.24, 2.45) is 5.73 Å². The molecule has 2 aliphatic rings. The molecular formula is C16H14N2O2. The lowest BCUT2D eigenvalue weighted by atomic mass is 9.78. The molecule has 1 heterocycles. The molecular weight excluding hydrogens is 252 g/mol. The number of allylic oxidation sites excluding steroid dienone is 3. The Labute approximate surface area is 117 Å². The SMILES string of the molecule is N#CC1=C(N)OC2=C(CC(=O)CC2)C1c1ccccc1. The van der Waals surface area contributed by atoms with Gasteiger partial charge in [-0.25, -0.2) is 0 Å². The number of benzene rings is 1. The van der Waals surface area contributed by atoms with Crippen LogP contribution in [0.2, 0.25) is 0 Å². The molecule has 0 amide bonds. The summed E-state index contributed by atoms with van der Waals surface area (Å²) in [7, 11) is 0. The maximum absolute atomic E-state index is 11.8. The highest BCUT2D eigenvalue weighted by Crippen LogP contribution is 2.43. The standard InChI is InChI=1S/C16H14N2O2/c17-9-13-15(10-4-2-1-3-5-10)12-8-11(19)6-7-14(12)20-16(13)18/h1-5,15H,6-8,18H2. The third-order valence-electron chi connectivity index (χ3n) is 3.77. The van der Waals surface area contributed by atoms with Gasteiger partial charge in [0.1, 0.15) is 23.2 Å². The van der Waals surface area contributed by atoms with Crippen molar-refractivity contribution in [1.82, 2.24) is 0 Å². The van der Waals surface area contributed by atoms with Crippen LogP contribution in [0, 0.1) is 11.3 Å². The number of rotatable bonds is 1. The summed E-state index contributed by atoms with van der Waals surface area (Å²) >= 11 is 0. The van der Waals surface area contributed by atoms with E-state index in [1.807, 2.05) is 30.3 Å². The number of hydrogen-bond acceptors (Lipinski definition) is 4. The van der Waals surface area contributed by atoms with Gasteiger partial charge in [-0.05, 0) is 11.1 Å². The molecule has 4 nitrogen and oxygen atoms in total. The van der Waals surface area contributed by atoms with Gasteiger partial charge in [0.15, 0.2) is 0 Å². The van der Waals surface area contributed by atoms with Crippen LogP contribution in [0.25, 0.3) is 0 Å². The van der Waals surface area contributed by atoms with Crippen LogP contribution >= 0.6 is 0 Å². The summed E-state index contributed by atoms with van der Waals surface area (Å²) < 4.78 is 5.56. The van der Waals surface area contributed by atoms with Crippen molar-refractivity contribution in [1.29, 1.82) is 5.26 Å². The molecule has 1 aliphatic heterocycles. The highest BCUT2D eigenvalue weighted by atomic mass is 16.5. The molecule has 1 unspecified atom stereocenters. The summed E-state index contributed by atoms with van der Waals surface area (Å²) in [6.07, 6.45) is 1.39. The van der Waals surface area contributed by atoms with Crippen molar-refractivity contribution >= 4 is 5.78 Å². The van der Waals surface area contributed by atoms with E-state index >= 15 is 0 Å². The summed E-state index contributed by atoms with van der Waals surface area (Å²) in [5, 5.41) is 9.37. The monoisotopic (exact) mass is 266 g/mol. The van der Waals surface area contributed by atoms with Gasteiger partial charge in [-0.1, -0.05) is 30.3 Å². The van der Waals surface area contributed by atoms with Crippen LogP contribution in [0.1, 0.15) is 30.7 Å². The highest BCUT2D eigenvalue weighted by molar-refractivity contribution is 5.83. The van der Waals surface area contributed by atoms with Crippen LogP contribution in [-0.4, -0.2) is 5.78 Å². The zero-order chi connectivity index (χ0) is 14.1. The van der Waals surface area contributed by atoms with Gasteiger partial charge in [0.2, 0.25) is 5.88 Å². The van der Waals surface area contributed by atoms with E-state index < -0.39 is 0 Å². The Morgan fingerprint density at radius 1 is 1.25 bits per heavy atom. The van der Waals surface area contributed by atoms with E-state index in [4.69, 9.17) is 10.5 Å². The van der Waals surface area contributed by atoms with Crippen LogP contribution in [-0.2, 0) is 9.53 Å². The van der Waals surface area contributed by atoms with Crippen molar-refractivity contribution in [3.8, 4) is 6.07 Å². The Kier molecular flexibility index (Phi) is 3.03. The fourth-order valence-corrected chi connectivity index (χ4v) is 2.83. The number of nitriles is 1. The maximum Gasteiger partial charge on any atom is 0.205 e. The Hall–Kier alpha value is -2.54. The molecule has 20 heavy (non-hydrogen) atoms. The zero-order valence-corrected chi connectivity index (χ0v) is 10.9. The molecule has 1 aromatic rings. The fraction of sp³-hybridized carbons (Fsp3) is 0.250. The lowest BCUT2D eigenvalue weighted by molar-refractivity contribution is -0.119. The van der Waals surface area contributed by atoms with E-state index in [1.165, 1.54) is 0 Å². The third-order valence-corrected chi connectivity index (χ3v) is 3.77. The second kappa shape index (κ2) is 4.86. The number of carbonyl (C=O) groups excluding carboxylic acids is 1. The second-order valence-electron chi connectivity index (χ2n) is 5.00. The zero-order valence-electron chi connectivity index (χ0n) is 10.9. The van der Waals surface area contributed by atoms with E-state index in [2.05, 4.69) is 6.07 Å². The quantitative estimate of drug-likeness (QED) is 0.847. The fourth-order valence-electron chi connectivity index (χ4n) is 2.83. The minimum absolute atomic E-state index is 0.162. The van der Waals surface area contributed by atoms with E-state index in [0.29, 0.717) is 24.8 Å². The van der Waals surface area contributed by atoms with Crippen molar-refractivity contribution in [2.75, 3.05) is 0 Å². The Bertz CT molecular complexity index is 665. The normalized spacial score (nSPS) is 22.1. The summed E-state index contributed by atoms with van der Waals surface area (Å²) in [4.78, 5) is 11.8. The summed E-state index contributed by atoms with van der Waals surface area (Å²) in [6.45, 7) is 0. The predicted molar refractivity (Wildman–Crippen MR) is 73.0 cm³/mol.